The van der Waals surface area contributed by atoms with E-state index in [-0.39, 0.29) is 6.10 Å². The van der Waals surface area contributed by atoms with Crippen molar-refractivity contribution in [2.75, 3.05) is 50.8 Å². The molecule has 0 spiro atoms. The maximum atomic E-state index is 9.95. The first kappa shape index (κ1) is 15.3. The highest BCUT2D eigenvalue weighted by Crippen LogP contribution is 2.14. The second-order valence-corrected chi connectivity index (χ2v) is 5.30. The lowest BCUT2D eigenvalue weighted by molar-refractivity contribution is 0.0389. The minimum atomic E-state index is -0.264. The molecule has 1 aliphatic heterocycles. The molecule has 2 rings (SSSR count). The van der Waals surface area contributed by atoms with Gasteiger partial charge in [-0.2, -0.15) is 0 Å². The number of ether oxygens (including phenoxy) is 1. The van der Waals surface area contributed by atoms with E-state index >= 15 is 0 Å². The number of morpholine rings is 1. The Morgan fingerprint density at radius 3 is 2.60 bits per heavy atom. The Labute approximate surface area is 122 Å². The minimum absolute atomic E-state index is 0.264. The highest BCUT2D eigenvalue weighted by atomic mass is 16.5. The van der Waals surface area contributed by atoms with Crippen LogP contribution in [0.1, 0.15) is 13.3 Å². The van der Waals surface area contributed by atoms with E-state index in [9.17, 15) is 5.11 Å². The van der Waals surface area contributed by atoms with Crippen LogP contribution >= 0.6 is 0 Å². The van der Waals surface area contributed by atoms with Gasteiger partial charge in [0.2, 0.25) is 0 Å². The molecule has 4 nitrogen and oxygen atoms in total. The van der Waals surface area contributed by atoms with Crippen LogP contribution in [0, 0.1) is 0 Å². The average molecular weight is 278 g/mol. The third-order valence-electron chi connectivity index (χ3n) is 3.81. The summed E-state index contributed by atoms with van der Waals surface area (Å²) < 4.78 is 5.38. The van der Waals surface area contributed by atoms with Crippen molar-refractivity contribution in [2.45, 2.75) is 19.4 Å². The molecule has 0 saturated carbocycles. The zero-order valence-electron chi connectivity index (χ0n) is 12.4. The summed E-state index contributed by atoms with van der Waals surface area (Å²) in [5.41, 5.74) is 1.19. The van der Waals surface area contributed by atoms with Gasteiger partial charge in [0.1, 0.15) is 0 Å². The zero-order chi connectivity index (χ0) is 14.2. The summed E-state index contributed by atoms with van der Waals surface area (Å²) in [4.78, 5) is 4.71. The van der Waals surface area contributed by atoms with Gasteiger partial charge in [-0.05, 0) is 18.6 Å². The lowest BCUT2D eigenvalue weighted by Crippen LogP contribution is -2.43. The molecule has 1 fully saturated rings. The molecular formula is C16H26N2O2. The number of nitrogens with zero attached hydrogens (tertiary/aromatic N) is 2. The predicted molar refractivity (Wildman–Crippen MR) is 82.2 cm³/mol. The van der Waals surface area contributed by atoms with E-state index in [1.54, 1.807) is 0 Å². The Balaban J connectivity index is 1.91. The van der Waals surface area contributed by atoms with Gasteiger partial charge in [0.05, 0.1) is 19.3 Å². The highest BCUT2D eigenvalue weighted by molar-refractivity contribution is 5.46. The average Bonchev–Trinajstić information content (AvgIpc) is 2.53. The first-order chi connectivity index (χ1) is 9.79. The Bertz CT molecular complexity index is 366. The Morgan fingerprint density at radius 2 is 1.95 bits per heavy atom. The van der Waals surface area contributed by atoms with Crippen molar-refractivity contribution in [2.24, 2.45) is 0 Å². The molecule has 20 heavy (non-hydrogen) atoms. The fourth-order valence-electron chi connectivity index (χ4n) is 2.44. The molecule has 0 amide bonds. The standard InChI is InChI=1S/C16H26N2O2/c1-2-16(19)14-18(15-6-4-3-5-7-15)9-8-17-10-12-20-13-11-17/h3-7,16,19H,2,8-14H2,1H3/t16-/m1/s1. The van der Waals surface area contributed by atoms with Crippen molar-refractivity contribution >= 4 is 5.69 Å². The number of anilines is 1. The molecule has 0 aliphatic carbocycles. The molecule has 1 N–H and O–H groups in total. The maximum absolute atomic E-state index is 9.95. The number of aliphatic hydroxyl groups is 1. The van der Waals surface area contributed by atoms with E-state index < -0.39 is 0 Å². The van der Waals surface area contributed by atoms with Crippen LogP contribution < -0.4 is 4.90 Å². The summed E-state index contributed by atoms with van der Waals surface area (Å²) in [7, 11) is 0. The van der Waals surface area contributed by atoms with Gasteiger partial charge in [-0.15, -0.1) is 0 Å². The SMILES string of the molecule is CC[C@@H](O)CN(CCN1CCOCC1)c1ccccc1. The number of hydrogen-bond acceptors (Lipinski definition) is 4. The van der Waals surface area contributed by atoms with Crippen molar-refractivity contribution in [3.63, 3.8) is 0 Å². The van der Waals surface area contributed by atoms with Crippen molar-refractivity contribution in [3.05, 3.63) is 30.3 Å². The summed E-state index contributed by atoms with van der Waals surface area (Å²) in [6, 6.07) is 10.4. The van der Waals surface area contributed by atoms with Crippen LogP contribution in [0.5, 0.6) is 0 Å². The number of aliphatic hydroxyl groups excluding tert-OH is 1. The summed E-state index contributed by atoms with van der Waals surface area (Å²) >= 11 is 0. The zero-order valence-corrected chi connectivity index (χ0v) is 12.4. The predicted octanol–water partition coefficient (Wildman–Crippen LogP) is 1.60. The molecule has 4 heteroatoms. The fraction of sp³-hybridized carbons (Fsp3) is 0.625. The summed E-state index contributed by atoms with van der Waals surface area (Å²) in [5.74, 6) is 0. The normalized spacial score (nSPS) is 17.9. The number of benzene rings is 1. The second kappa shape index (κ2) is 8.25. The minimum Gasteiger partial charge on any atom is -0.391 e. The van der Waals surface area contributed by atoms with Crippen LogP contribution in [-0.4, -0.2) is 62.0 Å². The van der Waals surface area contributed by atoms with Gasteiger partial charge < -0.3 is 14.7 Å². The van der Waals surface area contributed by atoms with Crippen molar-refractivity contribution < 1.29 is 9.84 Å². The Kier molecular flexibility index (Phi) is 6.30. The van der Waals surface area contributed by atoms with E-state index in [0.717, 1.165) is 45.8 Å². The molecule has 0 unspecified atom stereocenters. The monoisotopic (exact) mass is 278 g/mol. The van der Waals surface area contributed by atoms with E-state index in [2.05, 4.69) is 34.1 Å². The van der Waals surface area contributed by atoms with Crippen molar-refractivity contribution in [1.82, 2.24) is 4.90 Å². The molecule has 1 aliphatic rings. The number of hydrogen-bond donors (Lipinski definition) is 1. The number of para-hydroxylation sites is 1. The number of rotatable bonds is 7. The molecule has 1 saturated heterocycles. The van der Waals surface area contributed by atoms with Crippen molar-refractivity contribution in [1.29, 1.82) is 0 Å². The third-order valence-corrected chi connectivity index (χ3v) is 3.81. The summed E-state index contributed by atoms with van der Waals surface area (Å²) in [6.45, 7) is 8.39. The van der Waals surface area contributed by atoms with Crippen molar-refractivity contribution in [3.8, 4) is 0 Å². The van der Waals surface area contributed by atoms with Crippen LogP contribution in [0.4, 0.5) is 5.69 Å². The Morgan fingerprint density at radius 1 is 1.25 bits per heavy atom. The first-order valence-electron chi connectivity index (χ1n) is 7.57. The van der Waals surface area contributed by atoms with Crippen LogP contribution in [0.15, 0.2) is 30.3 Å². The Hall–Kier alpha value is -1.10. The van der Waals surface area contributed by atoms with E-state index in [0.29, 0.717) is 6.54 Å². The molecule has 1 aromatic rings. The van der Waals surface area contributed by atoms with Crippen LogP contribution in [0.3, 0.4) is 0 Å². The third kappa shape index (κ3) is 4.78. The molecule has 0 radical (unpaired) electrons. The van der Waals surface area contributed by atoms with Gasteiger partial charge in [0, 0.05) is 38.4 Å². The quantitative estimate of drug-likeness (QED) is 0.822. The lowest BCUT2D eigenvalue weighted by atomic mass is 10.2. The largest absolute Gasteiger partial charge is 0.391 e. The second-order valence-electron chi connectivity index (χ2n) is 5.30. The van der Waals surface area contributed by atoms with Crippen LogP contribution in [-0.2, 0) is 4.74 Å². The molecule has 1 aromatic carbocycles. The highest BCUT2D eigenvalue weighted by Gasteiger charge is 2.14. The topological polar surface area (TPSA) is 35.9 Å². The molecule has 0 bridgehead atoms. The molecule has 1 atom stereocenters. The van der Waals surface area contributed by atoms with Gasteiger partial charge >= 0.3 is 0 Å². The molecule has 112 valence electrons. The smallest absolute Gasteiger partial charge is 0.0712 e. The van der Waals surface area contributed by atoms with Crippen LogP contribution in [0.2, 0.25) is 0 Å². The maximum Gasteiger partial charge on any atom is 0.0712 e. The van der Waals surface area contributed by atoms with Gasteiger partial charge in [-0.1, -0.05) is 25.1 Å². The van der Waals surface area contributed by atoms with Gasteiger partial charge in [-0.25, -0.2) is 0 Å². The van der Waals surface area contributed by atoms with Gasteiger partial charge in [-0.3, -0.25) is 4.90 Å². The molecule has 1 heterocycles. The lowest BCUT2D eigenvalue weighted by Gasteiger charge is -2.32. The van der Waals surface area contributed by atoms with Gasteiger partial charge in [0.15, 0.2) is 0 Å². The molecular weight excluding hydrogens is 252 g/mol. The summed E-state index contributed by atoms with van der Waals surface area (Å²) in [6.07, 6.45) is 0.529. The van der Waals surface area contributed by atoms with E-state index in [4.69, 9.17) is 4.74 Å². The van der Waals surface area contributed by atoms with E-state index in [1.807, 2.05) is 13.0 Å². The fourth-order valence-corrected chi connectivity index (χ4v) is 2.44. The van der Waals surface area contributed by atoms with Gasteiger partial charge in [0.25, 0.3) is 0 Å². The first-order valence-corrected chi connectivity index (χ1v) is 7.57. The molecule has 0 aromatic heterocycles. The van der Waals surface area contributed by atoms with Crippen LogP contribution in [0.25, 0.3) is 0 Å². The van der Waals surface area contributed by atoms with E-state index in [1.165, 1.54) is 5.69 Å². The summed E-state index contributed by atoms with van der Waals surface area (Å²) in [5, 5.41) is 9.95.